The second-order valence-electron chi connectivity index (χ2n) is 9.67. The molecule has 2 aliphatic carbocycles. The molecule has 6 rings (SSSR count). The standard InChI is InChI=1S/C27H30ClN3OS/c28-19-9-6-8-18(16-19)25-23-13-7-15-30(23)26-22(21-12-4-5-14-24(21)33-26)17-31(25)27(32)29-20-10-2-1-3-11-20/h6-9,13,15-16,20,25H,1-5,10-12,14,17H2,(H,29,32). The predicted octanol–water partition coefficient (Wildman–Crippen LogP) is 7.02. The van der Waals surface area contributed by atoms with E-state index in [0.29, 0.717) is 11.6 Å². The van der Waals surface area contributed by atoms with Gasteiger partial charge >= 0.3 is 6.03 Å². The molecule has 6 heteroatoms. The van der Waals surface area contributed by atoms with Gasteiger partial charge in [-0.2, -0.15) is 0 Å². The Kier molecular flexibility index (Phi) is 5.71. The Bertz CT molecular complexity index is 1180. The highest BCUT2D eigenvalue weighted by atomic mass is 35.5. The molecule has 1 N–H and O–H groups in total. The van der Waals surface area contributed by atoms with Crippen molar-refractivity contribution in [1.29, 1.82) is 0 Å². The maximum absolute atomic E-state index is 13.9. The molecule has 1 saturated carbocycles. The Balaban J connectivity index is 1.47. The molecule has 1 aromatic carbocycles. The number of rotatable bonds is 2. The molecule has 172 valence electrons. The van der Waals surface area contributed by atoms with E-state index in [1.54, 1.807) is 0 Å². The van der Waals surface area contributed by atoms with Crippen LogP contribution >= 0.6 is 22.9 Å². The van der Waals surface area contributed by atoms with Crippen LogP contribution in [0.3, 0.4) is 0 Å². The summed E-state index contributed by atoms with van der Waals surface area (Å²) in [4.78, 5) is 17.5. The van der Waals surface area contributed by atoms with E-state index in [4.69, 9.17) is 11.6 Å². The van der Waals surface area contributed by atoms with Crippen LogP contribution < -0.4 is 5.32 Å². The number of urea groups is 1. The fourth-order valence-corrected chi connectivity index (χ4v) is 7.52. The molecule has 0 spiro atoms. The number of carbonyl (C=O) groups is 1. The van der Waals surface area contributed by atoms with Crippen molar-refractivity contribution >= 4 is 29.0 Å². The van der Waals surface area contributed by atoms with Gasteiger partial charge in [-0.05, 0) is 73.9 Å². The minimum Gasteiger partial charge on any atom is -0.335 e. The molecule has 2 amide bonds. The molecule has 0 bridgehead atoms. The van der Waals surface area contributed by atoms with E-state index in [9.17, 15) is 4.79 Å². The van der Waals surface area contributed by atoms with Gasteiger partial charge in [0.15, 0.2) is 0 Å². The van der Waals surface area contributed by atoms with Gasteiger partial charge in [-0.1, -0.05) is 43.0 Å². The molecular formula is C27H30ClN3OS. The van der Waals surface area contributed by atoms with Crippen LogP contribution in [0.4, 0.5) is 4.79 Å². The monoisotopic (exact) mass is 479 g/mol. The number of aromatic nitrogens is 1. The van der Waals surface area contributed by atoms with Gasteiger partial charge in [-0.25, -0.2) is 4.79 Å². The second kappa shape index (κ2) is 8.84. The lowest BCUT2D eigenvalue weighted by molar-refractivity contribution is 0.173. The maximum atomic E-state index is 13.9. The van der Waals surface area contributed by atoms with Crippen LogP contribution in [-0.2, 0) is 19.4 Å². The van der Waals surface area contributed by atoms with E-state index < -0.39 is 0 Å². The largest absolute Gasteiger partial charge is 0.335 e. The molecule has 1 fully saturated rings. The number of aryl methyl sites for hydroxylation is 1. The van der Waals surface area contributed by atoms with Crippen LogP contribution in [0.5, 0.6) is 0 Å². The van der Waals surface area contributed by atoms with Crippen LogP contribution in [0.2, 0.25) is 5.02 Å². The minimum absolute atomic E-state index is 0.0447. The molecule has 1 unspecified atom stereocenters. The van der Waals surface area contributed by atoms with Crippen molar-refractivity contribution in [2.24, 2.45) is 0 Å². The summed E-state index contributed by atoms with van der Waals surface area (Å²) in [5.41, 5.74) is 5.03. The number of hydrogen-bond donors (Lipinski definition) is 1. The van der Waals surface area contributed by atoms with Crippen molar-refractivity contribution < 1.29 is 4.79 Å². The number of nitrogens with zero attached hydrogens (tertiary/aromatic N) is 2. The number of carbonyl (C=O) groups excluding carboxylic acids is 1. The summed E-state index contributed by atoms with van der Waals surface area (Å²) in [6, 6.07) is 12.4. The first-order valence-corrected chi connectivity index (χ1v) is 13.5. The van der Waals surface area contributed by atoms with E-state index >= 15 is 0 Å². The van der Waals surface area contributed by atoms with Gasteiger partial charge in [-0.15, -0.1) is 11.3 Å². The SMILES string of the molecule is O=C(NC1CCCCC1)N1Cc2c(sc3c2CCCC3)-n2cccc2C1c1cccc(Cl)c1. The molecule has 1 aliphatic heterocycles. The van der Waals surface area contributed by atoms with E-state index in [1.165, 1.54) is 53.1 Å². The first-order valence-electron chi connectivity index (χ1n) is 12.3. The number of amides is 2. The zero-order chi connectivity index (χ0) is 22.4. The summed E-state index contributed by atoms with van der Waals surface area (Å²) >= 11 is 8.35. The molecule has 3 aromatic rings. The molecule has 0 saturated heterocycles. The lowest BCUT2D eigenvalue weighted by Gasteiger charge is -2.34. The fourth-order valence-electron chi connectivity index (χ4n) is 5.92. The maximum Gasteiger partial charge on any atom is 0.318 e. The van der Waals surface area contributed by atoms with Crippen LogP contribution in [0.15, 0.2) is 42.6 Å². The van der Waals surface area contributed by atoms with Crippen molar-refractivity contribution in [3.63, 3.8) is 0 Å². The van der Waals surface area contributed by atoms with Crippen LogP contribution in [0.25, 0.3) is 5.00 Å². The summed E-state index contributed by atoms with van der Waals surface area (Å²) in [5, 5.41) is 5.40. The molecule has 33 heavy (non-hydrogen) atoms. The smallest absolute Gasteiger partial charge is 0.318 e. The average Bonchev–Trinajstić information content (AvgIpc) is 3.41. The van der Waals surface area contributed by atoms with Gasteiger partial charge in [-0.3, -0.25) is 0 Å². The van der Waals surface area contributed by atoms with Gasteiger partial charge in [0.2, 0.25) is 0 Å². The summed E-state index contributed by atoms with van der Waals surface area (Å²) < 4.78 is 2.33. The van der Waals surface area contributed by atoms with Gasteiger partial charge < -0.3 is 14.8 Å². The second-order valence-corrected chi connectivity index (χ2v) is 11.2. The summed E-state index contributed by atoms with van der Waals surface area (Å²) in [5.74, 6) is 0. The number of fused-ring (bicyclic) bond motifs is 5. The topological polar surface area (TPSA) is 37.3 Å². The third-order valence-electron chi connectivity index (χ3n) is 7.54. The predicted molar refractivity (Wildman–Crippen MR) is 135 cm³/mol. The number of halogens is 1. The summed E-state index contributed by atoms with van der Waals surface area (Å²) in [6.45, 7) is 0.637. The highest BCUT2D eigenvalue weighted by Gasteiger charge is 2.36. The van der Waals surface area contributed by atoms with Gasteiger partial charge in [0.05, 0.1) is 18.3 Å². The Labute approximate surface area is 204 Å². The lowest BCUT2D eigenvalue weighted by Crippen LogP contribution is -2.46. The Hall–Kier alpha value is -2.24. The number of hydrogen-bond acceptors (Lipinski definition) is 2. The lowest BCUT2D eigenvalue weighted by atomic mass is 9.94. The number of benzene rings is 1. The van der Waals surface area contributed by atoms with Gasteiger partial charge in [0, 0.05) is 27.7 Å². The van der Waals surface area contributed by atoms with Crippen molar-refractivity contribution in [1.82, 2.24) is 14.8 Å². The van der Waals surface area contributed by atoms with Crippen LogP contribution in [0, 0.1) is 0 Å². The van der Waals surface area contributed by atoms with E-state index in [1.807, 2.05) is 29.5 Å². The molecular weight excluding hydrogens is 450 g/mol. The molecule has 3 aliphatic rings. The molecule has 1 atom stereocenters. The molecule has 3 heterocycles. The zero-order valence-corrected chi connectivity index (χ0v) is 20.4. The van der Waals surface area contributed by atoms with E-state index in [2.05, 4.69) is 39.2 Å². The third kappa shape index (κ3) is 3.89. The number of thiophene rings is 1. The quantitative estimate of drug-likeness (QED) is 0.421. The Morgan fingerprint density at radius 2 is 1.85 bits per heavy atom. The highest BCUT2D eigenvalue weighted by Crippen LogP contribution is 2.44. The van der Waals surface area contributed by atoms with E-state index in [-0.39, 0.29) is 18.1 Å². The van der Waals surface area contributed by atoms with Crippen molar-refractivity contribution in [3.8, 4) is 5.00 Å². The molecule has 0 radical (unpaired) electrons. The summed E-state index contributed by atoms with van der Waals surface area (Å²) in [7, 11) is 0. The first-order chi connectivity index (χ1) is 16.2. The Morgan fingerprint density at radius 3 is 2.70 bits per heavy atom. The first kappa shape index (κ1) is 21.3. The van der Waals surface area contributed by atoms with Crippen LogP contribution in [-0.4, -0.2) is 21.5 Å². The van der Waals surface area contributed by atoms with Crippen molar-refractivity contribution in [3.05, 3.63) is 74.9 Å². The molecule has 4 nitrogen and oxygen atoms in total. The summed E-state index contributed by atoms with van der Waals surface area (Å²) in [6.07, 6.45) is 12.8. The van der Waals surface area contributed by atoms with Gasteiger partial charge in [0.25, 0.3) is 0 Å². The van der Waals surface area contributed by atoms with Crippen molar-refractivity contribution in [2.75, 3.05) is 0 Å². The zero-order valence-electron chi connectivity index (χ0n) is 18.9. The van der Waals surface area contributed by atoms with E-state index in [0.717, 1.165) is 36.9 Å². The van der Waals surface area contributed by atoms with Crippen LogP contribution in [0.1, 0.15) is 78.2 Å². The minimum atomic E-state index is -0.180. The number of nitrogens with one attached hydrogen (secondary N) is 1. The highest BCUT2D eigenvalue weighted by molar-refractivity contribution is 7.15. The average molecular weight is 480 g/mol. The Morgan fingerprint density at radius 1 is 1.00 bits per heavy atom. The molecule has 2 aromatic heterocycles. The normalized spacial score (nSPS) is 20.5. The van der Waals surface area contributed by atoms with Gasteiger partial charge in [0.1, 0.15) is 5.00 Å². The third-order valence-corrected chi connectivity index (χ3v) is 9.11. The van der Waals surface area contributed by atoms with Crippen molar-refractivity contribution in [2.45, 2.75) is 76.4 Å². The fraction of sp³-hybridized carbons (Fsp3) is 0.444.